The Kier molecular flexibility index (Phi) is 7.90. The van der Waals surface area contributed by atoms with Crippen LogP contribution in [0.4, 0.5) is 17.3 Å². The summed E-state index contributed by atoms with van der Waals surface area (Å²) in [4.78, 5) is 22.2. The molecule has 9 nitrogen and oxygen atoms in total. The number of hydrogen-bond donors (Lipinski definition) is 2. The van der Waals surface area contributed by atoms with Gasteiger partial charge >= 0.3 is 0 Å². The normalized spacial score (nSPS) is 12.2. The van der Waals surface area contributed by atoms with Crippen molar-refractivity contribution in [3.05, 3.63) is 101 Å². The number of nitrogens with one attached hydrogen (secondary N) is 2. The van der Waals surface area contributed by atoms with Crippen LogP contribution in [0.3, 0.4) is 0 Å². The van der Waals surface area contributed by atoms with Crippen LogP contribution in [0.2, 0.25) is 5.15 Å². The molecule has 1 atom stereocenters. The van der Waals surface area contributed by atoms with Crippen molar-refractivity contribution in [2.24, 2.45) is 9.36 Å². The zero-order valence-corrected chi connectivity index (χ0v) is 21.9. The maximum atomic E-state index is 13.3. The van der Waals surface area contributed by atoms with Crippen molar-refractivity contribution in [3.8, 4) is 0 Å². The van der Waals surface area contributed by atoms with Crippen LogP contribution >= 0.6 is 11.6 Å². The summed E-state index contributed by atoms with van der Waals surface area (Å²) in [7, 11) is 0.136. The highest BCUT2D eigenvalue weighted by Gasteiger charge is 2.19. The lowest BCUT2D eigenvalue weighted by molar-refractivity contribution is 0.0958. The minimum absolute atomic E-state index is 0.00106. The fraction of sp³-hybridized carbons (Fsp3) is 0.115. The molecule has 1 unspecified atom stereocenters. The number of amides is 1. The number of nitrogens with zero attached hydrogens (tertiary/aromatic N) is 5. The predicted molar refractivity (Wildman–Crippen MR) is 147 cm³/mol. The molecule has 1 amide bonds. The Balaban J connectivity index is 1.90. The summed E-state index contributed by atoms with van der Waals surface area (Å²) in [6, 6.07) is 24.3. The summed E-state index contributed by atoms with van der Waals surface area (Å²) in [5, 5.41) is 13.3. The minimum Gasteiger partial charge on any atom is -0.354 e. The predicted octanol–water partition coefficient (Wildman–Crippen LogP) is 4.88. The van der Waals surface area contributed by atoms with Crippen molar-refractivity contribution in [2.45, 2.75) is 4.90 Å². The van der Waals surface area contributed by atoms with Crippen molar-refractivity contribution < 1.29 is 9.00 Å². The summed E-state index contributed by atoms with van der Waals surface area (Å²) in [6.45, 7) is 0. The SMILES string of the molecule is CN=S(C)(=O)c1ccc(N=C(c2ccccc2)c2ccccc2)nc1Nc1cc(Cl)nnc1C(=O)NC. The fourth-order valence-electron chi connectivity index (χ4n) is 3.47. The number of rotatable bonds is 7. The summed E-state index contributed by atoms with van der Waals surface area (Å²) in [5.74, 6) is 0.0825. The Bertz CT molecular complexity index is 1540. The smallest absolute Gasteiger partial charge is 0.273 e. The number of benzene rings is 2. The number of anilines is 2. The van der Waals surface area contributed by atoms with E-state index >= 15 is 0 Å². The molecule has 0 aliphatic carbocycles. The third-order valence-electron chi connectivity index (χ3n) is 5.38. The summed E-state index contributed by atoms with van der Waals surface area (Å²) in [6.07, 6.45) is 1.51. The summed E-state index contributed by atoms with van der Waals surface area (Å²) in [5.41, 5.74) is 2.77. The van der Waals surface area contributed by atoms with Crippen molar-refractivity contribution in [3.63, 3.8) is 0 Å². The highest BCUT2D eigenvalue weighted by atomic mass is 35.5. The molecule has 0 fully saturated rings. The molecule has 2 aromatic carbocycles. The van der Waals surface area contributed by atoms with Gasteiger partial charge in [-0.3, -0.25) is 4.79 Å². The maximum Gasteiger partial charge on any atom is 0.273 e. The molecular weight excluding hydrogens is 510 g/mol. The Morgan fingerprint density at radius 3 is 2.14 bits per heavy atom. The molecule has 4 rings (SSSR count). The van der Waals surface area contributed by atoms with E-state index in [4.69, 9.17) is 16.6 Å². The standard InChI is InChI=1S/C26H24ClN7O2S/c1-28-26(35)24-19(16-21(27)33-34-24)30-25-20(37(3,36)29-2)14-15-22(32-25)31-23(17-10-6-4-7-11-17)18-12-8-5-9-13-18/h4-16H,1-3H3,(H,28,35)(H,30,32,33). The molecule has 0 saturated heterocycles. The molecule has 37 heavy (non-hydrogen) atoms. The van der Waals surface area contributed by atoms with Crippen molar-refractivity contribution in [1.82, 2.24) is 20.5 Å². The van der Waals surface area contributed by atoms with Crippen LogP contribution in [-0.2, 0) is 9.73 Å². The zero-order valence-electron chi connectivity index (χ0n) is 20.3. The van der Waals surface area contributed by atoms with E-state index in [1.165, 1.54) is 26.4 Å². The maximum absolute atomic E-state index is 13.3. The Morgan fingerprint density at radius 1 is 0.946 bits per heavy atom. The first-order chi connectivity index (χ1) is 17.8. The van der Waals surface area contributed by atoms with Crippen LogP contribution in [0.15, 0.2) is 93.1 Å². The van der Waals surface area contributed by atoms with Gasteiger partial charge in [0.25, 0.3) is 5.91 Å². The fourth-order valence-corrected chi connectivity index (χ4v) is 4.59. The lowest BCUT2D eigenvalue weighted by Crippen LogP contribution is -2.21. The van der Waals surface area contributed by atoms with Crippen LogP contribution in [0.5, 0.6) is 0 Å². The van der Waals surface area contributed by atoms with Gasteiger partial charge in [0.15, 0.2) is 16.7 Å². The average molecular weight is 534 g/mol. The molecule has 0 aliphatic rings. The van der Waals surface area contributed by atoms with E-state index in [-0.39, 0.29) is 22.4 Å². The van der Waals surface area contributed by atoms with Gasteiger partial charge in [-0.05, 0) is 12.1 Å². The molecule has 2 N–H and O–H groups in total. The highest BCUT2D eigenvalue weighted by Crippen LogP contribution is 2.29. The third-order valence-corrected chi connectivity index (χ3v) is 7.41. The van der Waals surface area contributed by atoms with Crippen molar-refractivity contribution in [2.75, 3.05) is 25.7 Å². The number of aliphatic imine (C=N–C) groups is 1. The summed E-state index contributed by atoms with van der Waals surface area (Å²) >= 11 is 6.06. The van der Waals surface area contributed by atoms with E-state index < -0.39 is 15.6 Å². The van der Waals surface area contributed by atoms with E-state index in [0.717, 1.165) is 11.1 Å². The lowest BCUT2D eigenvalue weighted by atomic mass is 10.0. The first-order valence-electron chi connectivity index (χ1n) is 11.2. The quantitative estimate of drug-likeness (QED) is 0.326. The van der Waals surface area contributed by atoms with Crippen LogP contribution < -0.4 is 10.6 Å². The Hall–Kier alpha value is -4.15. The van der Waals surface area contributed by atoms with Crippen molar-refractivity contribution in [1.29, 1.82) is 0 Å². The minimum atomic E-state index is -2.82. The number of carbonyl (C=O) groups is 1. The van der Waals surface area contributed by atoms with Gasteiger partial charge in [0.1, 0.15) is 5.82 Å². The molecule has 4 aromatic rings. The summed E-state index contributed by atoms with van der Waals surface area (Å²) < 4.78 is 17.3. The molecule has 0 radical (unpaired) electrons. The molecular formula is C26H24ClN7O2S. The second-order valence-electron chi connectivity index (χ2n) is 7.83. The molecule has 2 aromatic heterocycles. The molecule has 0 spiro atoms. The second-order valence-corrected chi connectivity index (χ2v) is 10.6. The highest BCUT2D eigenvalue weighted by molar-refractivity contribution is 7.93. The van der Waals surface area contributed by atoms with E-state index in [1.54, 1.807) is 12.1 Å². The molecule has 188 valence electrons. The Labute approximate surface area is 220 Å². The molecule has 11 heteroatoms. The van der Waals surface area contributed by atoms with E-state index in [1.807, 2.05) is 60.7 Å². The molecule has 0 saturated carbocycles. The Morgan fingerprint density at radius 2 is 1.57 bits per heavy atom. The van der Waals surface area contributed by atoms with Gasteiger partial charge in [0, 0.05) is 37.5 Å². The largest absolute Gasteiger partial charge is 0.354 e. The van der Waals surface area contributed by atoms with Gasteiger partial charge < -0.3 is 10.6 Å². The zero-order chi connectivity index (χ0) is 26.4. The van der Waals surface area contributed by atoms with Gasteiger partial charge in [-0.1, -0.05) is 72.3 Å². The molecule has 0 bridgehead atoms. The van der Waals surface area contributed by atoms with E-state index in [2.05, 4.69) is 30.2 Å². The lowest BCUT2D eigenvalue weighted by Gasteiger charge is -2.15. The molecule has 2 heterocycles. The first kappa shape index (κ1) is 25.9. The number of carbonyl (C=O) groups excluding carboxylic acids is 1. The van der Waals surface area contributed by atoms with E-state index in [0.29, 0.717) is 16.4 Å². The third kappa shape index (κ3) is 5.99. The van der Waals surface area contributed by atoms with Crippen LogP contribution in [0.25, 0.3) is 0 Å². The number of pyridine rings is 1. The first-order valence-corrected chi connectivity index (χ1v) is 13.5. The van der Waals surface area contributed by atoms with Gasteiger partial charge in [-0.2, -0.15) is 0 Å². The van der Waals surface area contributed by atoms with E-state index in [9.17, 15) is 9.00 Å². The van der Waals surface area contributed by atoms with Crippen LogP contribution in [0.1, 0.15) is 21.6 Å². The van der Waals surface area contributed by atoms with Crippen LogP contribution in [-0.4, -0.2) is 51.4 Å². The number of aromatic nitrogens is 3. The average Bonchev–Trinajstić information content (AvgIpc) is 2.92. The topological polar surface area (TPSA) is 122 Å². The van der Waals surface area contributed by atoms with Gasteiger partial charge in [0.2, 0.25) is 0 Å². The van der Waals surface area contributed by atoms with Gasteiger partial charge in [-0.15, -0.1) is 10.2 Å². The number of hydrogen-bond acceptors (Lipinski definition) is 8. The number of halogens is 1. The van der Waals surface area contributed by atoms with Gasteiger partial charge in [-0.25, -0.2) is 18.5 Å². The second kappa shape index (κ2) is 11.3. The van der Waals surface area contributed by atoms with Gasteiger partial charge in [0.05, 0.1) is 26.0 Å². The van der Waals surface area contributed by atoms with Crippen molar-refractivity contribution >= 4 is 50.3 Å². The van der Waals surface area contributed by atoms with Crippen LogP contribution in [0, 0.1) is 0 Å². The molecule has 0 aliphatic heterocycles. The monoisotopic (exact) mass is 533 g/mol.